The molecule has 158 valence electrons. The summed E-state index contributed by atoms with van der Waals surface area (Å²) in [6.45, 7) is 3.62. The molecule has 1 aliphatic heterocycles. The van der Waals surface area contributed by atoms with E-state index in [0.717, 1.165) is 42.1 Å². The summed E-state index contributed by atoms with van der Waals surface area (Å²) in [6, 6.07) is 7.68. The first-order chi connectivity index (χ1) is 14.4. The van der Waals surface area contributed by atoms with Gasteiger partial charge in [0.1, 0.15) is 17.1 Å². The number of halogens is 1. The summed E-state index contributed by atoms with van der Waals surface area (Å²) in [4.78, 5) is 18.6. The molecule has 2 N–H and O–H groups in total. The van der Waals surface area contributed by atoms with Gasteiger partial charge in [0.25, 0.3) is 0 Å². The summed E-state index contributed by atoms with van der Waals surface area (Å²) in [5, 5.41) is 0.498. The summed E-state index contributed by atoms with van der Waals surface area (Å²) < 4.78 is 12.8. The molecule has 1 aromatic carbocycles. The Morgan fingerprint density at radius 1 is 1.27 bits per heavy atom. The monoisotopic (exact) mass is 428 g/mol. The number of hydrogen-bond acceptors (Lipinski definition) is 5. The van der Waals surface area contributed by atoms with Crippen molar-refractivity contribution in [1.29, 1.82) is 0 Å². The molecule has 2 atom stereocenters. The first kappa shape index (κ1) is 20.3. The third-order valence-electron chi connectivity index (χ3n) is 5.94. The second kappa shape index (κ2) is 8.07. The van der Waals surface area contributed by atoms with Gasteiger partial charge in [-0.3, -0.25) is 4.79 Å². The quantitative estimate of drug-likeness (QED) is 0.648. The maximum absolute atomic E-state index is 11.5. The van der Waals surface area contributed by atoms with Crippen molar-refractivity contribution in [2.24, 2.45) is 17.6 Å². The molecule has 30 heavy (non-hydrogen) atoms. The van der Waals surface area contributed by atoms with E-state index in [4.69, 9.17) is 31.8 Å². The lowest BCUT2D eigenvalue weighted by Gasteiger charge is -2.20. The molecule has 1 saturated heterocycles. The van der Waals surface area contributed by atoms with Gasteiger partial charge in [-0.2, -0.15) is 0 Å². The molecule has 0 saturated carbocycles. The van der Waals surface area contributed by atoms with Gasteiger partial charge in [-0.1, -0.05) is 18.5 Å². The molecular weight excluding hydrogens is 404 g/mol. The van der Waals surface area contributed by atoms with E-state index in [0.29, 0.717) is 16.5 Å². The highest BCUT2D eigenvalue weighted by molar-refractivity contribution is 6.32. The summed E-state index contributed by atoms with van der Waals surface area (Å²) in [5.41, 5.74) is 8.95. The zero-order valence-corrected chi connectivity index (χ0v) is 18.0. The fourth-order valence-electron chi connectivity index (χ4n) is 4.02. The lowest BCUT2D eigenvalue weighted by molar-refractivity contribution is -0.122. The minimum Gasteiger partial charge on any atom is -0.496 e. The molecule has 3 heterocycles. The first-order valence-electron chi connectivity index (χ1n) is 9.86. The highest BCUT2D eigenvalue weighted by Crippen LogP contribution is 2.38. The molecule has 0 spiro atoms. The number of hydrogen-bond donors (Lipinski definition) is 1. The summed E-state index contributed by atoms with van der Waals surface area (Å²) in [6.07, 6.45) is 4.89. The Morgan fingerprint density at radius 2 is 2.03 bits per heavy atom. The summed E-state index contributed by atoms with van der Waals surface area (Å²) in [7, 11) is 3.18. The number of fused-ring (bicyclic) bond motifs is 1. The average molecular weight is 429 g/mol. The highest BCUT2D eigenvalue weighted by atomic mass is 35.5. The van der Waals surface area contributed by atoms with Gasteiger partial charge in [0.05, 0.1) is 24.9 Å². The molecule has 4 rings (SSSR count). The molecule has 1 amide bonds. The predicted octanol–water partition coefficient (Wildman–Crippen LogP) is 3.62. The molecule has 0 bridgehead atoms. The molecule has 7 nitrogen and oxygen atoms in total. The Kier molecular flexibility index (Phi) is 5.47. The Morgan fingerprint density at radius 3 is 2.73 bits per heavy atom. The van der Waals surface area contributed by atoms with Gasteiger partial charge in [0.15, 0.2) is 0 Å². The number of primary amides is 1. The number of imidazole rings is 1. The summed E-state index contributed by atoms with van der Waals surface area (Å²) in [5.74, 6) is 1.12. The number of anilines is 1. The van der Waals surface area contributed by atoms with Crippen molar-refractivity contribution in [3.05, 3.63) is 41.7 Å². The molecular formula is C22H25ClN4O3. The normalized spacial score (nSPS) is 17.3. The Hall–Kier alpha value is -2.93. The number of amides is 1. The van der Waals surface area contributed by atoms with E-state index in [-0.39, 0.29) is 17.7 Å². The van der Waals surface area contributed by atoms with Crippen LogP contribution in [0.2, 0.25) is 5.02 Å². The Balaban J connectivity index is 1.64. The number of benzene rings is 1. The van der Waals surface area contributed by atoms with Crippen LogP contribution in [0.25, 0.3) is 16.9 Å². The fraction of sp³-hybridized carbons (Fsp3) is 0.364. The van der Waals surface area contributed by atoms with Crippen LogP contribution in [0.1, 0.15) is 13.3 Å². The lowest BCUT2D eigenvalue weighted by atomic mass is 9.93. The fourth-order valence-corrected chi connectivity index (χ4v) is 4.26. The SMILES string of the molecule is COc1cc(OC)c(-c2cn3ccc(N4CCC(C(C)C(N)=O)C4)cc3n2)cc1Cl. The molecule has 3 aromatic rings. The van der Waals surface area contributed by atoms with Crippen molar-refractivity contribution in [2.45, 2.75) is 13.3 Å². The summed E-state index contributed by atoms with van der Waals surface area (Å²) >= 11 is 6.33. The van der Waals surface area contributed by atoms with Gasteiger partial charge in [-0.25, -0.2) is 4.98 Å². The number of rotatable bonds is 6. The van der Waals surface area contributed by atoms with Gasteiger partial charge in [0, 0.05) is 54.8 Å². The van der Waals surface area contributed by atoms with Crippen LogP contribution < -0.4 is 20.1 Å². The smallest absolute Gasteiger partial charge is 0.220 e. The van der Waals surface area contributed by atoms with Gasteiger partial charge in [0.2, 0.25) is 5.91 Å². The molecule has 1 aliphatic rings. The Bertz CT molecular complexity index is 1100. The minimum atomic E-state index is -0.234. The van der Waals surface area contributed by atoms with Gasteiger partial charge in [-0.15, -0.1) is 0 Å². The van der Waals surface area contributed by atoms with Crippen LogP contribution >= 0.6 is 11.6 Å². The third kappa shape index (κ3) is 3.65. The number of aromatic nitrogens is 2. The maximum Gasteiger partial charge on any atom is 0.220 e. The van der Waals surface area contributed by atoms with Crippen LogP contribution in [0.15, 0.2) is 36.7 Å². The largest absolute Gasteiger partial charge is 0.496 e. The van der Waals surface area contributed by atoms with Crippen molar-refractivity contribution in [3.63, 3.8) is 0 Å². The number of nitrogens with zero attached hydrogens (tertiary/aromatic N) is 3. The molecule has 8 heteroatoms. The predicted molar refractivity (Wildman–Crippen MR) is 117 cm³/mol. The van der Waals surface area contributed by atoms with Crippen LogP contribution in [-0.2, 0) is 4.79 Å². The molecule has 2 unspecified atom stereocenters. The van der Waals surface area contributed by atoms with Gasteiger partial charge >= 0.3 is 0 Å². The second-order valence-corrected chi connectivity index (χ2v) is 8.06. The van der Waals surface area contributed by atoms with Crippen LogP contribution in [0.3, 0.4) is 0 Å². The molecule has 0 radical (unpaired) electrons. The van der Waals surface area contributed by atoms with Crippen LogP contribution in [0.5, 0.6) is 11.5 Å². The maximum atomic E-state index is 11.5. The van der Waals surface area contributed by atoms with Crippen molar-refractivity contribution in [1.82, 2.24) is 9.38 Å². The van der Waals surface area contributed by atoms with E-state index in [1.807, 2.05) is 23.7 Å². The van der Waals surface area contributed by atoms with Crippen molar-refractivity contribution >= 4 is 28.8 Å². The molecule has 0 aliphatic carbocycles. The van der Waals surface area contributed by atoms with E-state index in [1.165, 1.54) is 0 Å². The van der Waals surface area contributed by atoms with Crippen LogP contribution in [-0.4, -0.2) is 42.6 Å². The number of pyridine rings is 1. The first-order valence-corrected chi connectivity index (χ1v) is 10.2. The highest BCUT2D eigenvalue weighted by Gasteiger charge is 2.30. The third-order valence-corrected chi connectivity index (χ3v) is 6.23. The van der Waals surface area contributed by atoms with Gasteiger partial charge in [-0.05, 0) is 24.5 Å². The average Bonchev–Trinajstić information content (AvgIpc) is 3.39. The zero-order valence-electron chi connectivity index (χ0n) is 17.3. The standard InChI is InChI=1S/C22H25ClN4O3/c1-13(22(24)28)14-4-6-26(11-14)15-5-7-27-12-18(25-21(27)8-15)16-9-17(23)20(30-3)10-19(16)29-2/h5,7-10,12-14H,4,6,11H2,1-3H3,(H2,24,28). The van der Waals surface area contributed by atoms with E-state index >= 15 is 0 Å². The number of methoxy groups -OCH3 is 2. The molecule has 2 aromatic heterocycles. The number of ether oxygens (including phenoxy) is 2. The van der Waals surface area contributed by atoms with Gasteiger partial charge < -0.3 is 24.5 Å². The van der Waals surface area contributed by atoms with E-state index < -0.39 is 0 Å². The zero-order chi connectivity index (χ0) is 21.4. The number of carbonyl (C=O) groups excluding carboxylic acids is 1. The van der Waals surface area contributed by atoms with Crippen LogP contribution in [0.4, 0.5) is 5.69 Å². The van der Waals surface area contributed by atoms with Crippen molar-refractivity contribution < 1.29 is 14.3 Å². The van der Waals surface area contributed by atoms with Crippen molar-refractivity contribution in [3.8, 4) is 22.8 Å². The van der Waals surface area contributed by atoms with E-state index in [9.17, 15) is 4.79 Å². The topological polar surface area (TPSA) is 82.1 Å². The van der Waals surface area contributed by atoms with E-state index in [1.54, 1.807) is 26.4 Å². The van der Waals surface area contributed by atoms with E-state index in [2.05, 4.69) is 17.0 Å². The lowest BCUT2D eigenvalue weighted by Crippen LogP contribution is -2.29. The molecule has 1 fully saturated rings. The number of carbonyl (C=O) groups is 1. The minimum absolute atomic E-state index is 0.121. The van der Waals surface area contributed by atoms with Crippen LogP contribution in [0, 0.1) is 11.8 Å². The van der Waals surface area contributed by atoms with Crippen molar-refractivity contribution in [2.75, 3.05) is 32.2 Å². The second-order valence-electron chi connectivity index (χ2n) is 7.65. The Labute approximate surface area is 180 Å². The number of nitrogens with two attached hydrogens (primary N) is 1.